The van der Waals surface area contributed by atoms with Crippen molar-refractivity contribution < 1.29 is 9.53 Å². The van der Waals surface area contributed by atoms with Crippen LogP contribution in [0.25, 0.3) is 21.9 Å². The lowest BCUT2D eigenvalue weighted by molar-refractivity contribution is 0.0374. The molecule has 1 aromatic heterocycles. The third kappa shape index (κ3) is 4.38. The fourth-order valence-corrected chi connectivity index (χ4v) is 3.61. The fraction of sp³-hybridized carbons (Fsp3) is 0.304. The number of amides is 1. The number of hydrogen-bond donors (Lipinski definition) is 1. The summed E-state index contributed by atoms with van der Waals surface area (Å²) < 4.78 is 5.36. The minimum Gasteiger partial charge on any atom is -0.379 e. The molecule has 1 aliphatic rings. The molecule has 144 valence electrons. The van der Waals surface area contributed by atoms with Gasteiger partial charge in [0.1, 0.15) is 0 Å². The molecule has 1 N–H and O–H groups in total. The van der Waals surface area contributed by atoms with Gasteiger partial charge in [-0.25, -0.2) is 0 Å². The van der Waals surface area contributed by atoms with Gasteiger partial charge >= 0.3 is 0 Å². The van der Waals surface area contributed by atoms with Gasteiger partial charge in [-0.3, -0.25) is 14.7 Å². The molecule has 0 saturated carbocycles. The molecule has 0 radical (unpaired) electrons. The van der Waals surface area contributed by atoms with Gasteiger partial charge in [-0.05, 0) is 36.0 Å². The number of carbonyl (C=O) groups is 1. The molecule has 0 atom stereocenters. The van der Waals surface area contributed by atoms with Crippen LogP contribution in [0.4, 0.5) is 0 Å². The van der Waals surface area contributed by atoms with Crippen LogP contribution in [-0.4, -0.2) is 55.2 Å². The van der Waals surface area contributed by atoms with E-state index in [0.29, 0.717) is 12.1 Å². The Bertz CT molecular complexity index is 946. The summed E-state index contributed by atoms with van der Waals surface area (Å²) >= 11 is 0. The number of nitrogens with zero attached hydrogens (tertiary/aromatic N) is 2. The maximum absolute atomic E-state index is 12.6. The highest BCUT2D eigenvalue weighted by atomic mass is 16.5. The average molecular weight is 375 g/mol. The molecular formula is C23H25N3O2. The van der Waals surface area contributed by atoms with E-state index < -0.39 is 0 Å². The zero-order valence-electron chi connectivity index (χ0n) is 15.9. The van der Waals surface area contributed by atoms with Crippen molar-refractivity contribution >= 4 is 16.7 Å². The van der Waals surface area contributed by atoms with Crippen molar-refractivity contribution in [2.75, 3.05) is 39.4 Å². The molecular weight excluding hydrogens is 350 g/mol. The van der Waals surface area contributed by atoms with Crippen LogP contribution in [0, 0.1) is 0 Å². The van der Waals surface area contributed by atoms with Gasteiger partial charge in [0.05, 0.1) is 13.2 Å². The molecule has 0 bridgehead atoms. The van der Waals surface area contributed by atoms with E-state index in [2.05, 4.69) is 27.3 Å². The molecule has 2 heterocycles. The molecule has 4 rings (SSSR count). The summed E-state index contributed by atoms with van der Waals surface area (Å²) in [6, 6.07) is 15.9. The number of aromatic nitrogens is 1. The van der Waals surface area contributed by atoms with Crippen LogP contribution in [0.3, 0.4) is 0 Å². The van der Waals surface area contributed by atoms with Crippen LogP contribution in [0.2, 0.25) is 0 Å². The largest absolute Gasteiger partial charge is 0.379 e. The Morgan fingerprint density at radius 2 is 1.93 bits per heavy atom. The zero-order chi connectivity index (χ0) is 19.2. The lowest BCUT2D eigenvalue weighted by atomic mass is 9.99. The van der Waals surface area contributed by atoms with Gasteiger partial charge in [-0.1, -0.05) is 36.4 Å². The van der Waals surface area contributed by atoms with Crippen molar-refractivity contribution in [2.45, 2.75) is 6.42 Å². The summed E-state index contributed by atoms with van der Waals surface area (Å²) in [5.74, 6) is -0.0305. The second-order valence-corrected chi connectivity index (χ2v) is 7.05. The normalized spacial score (nSPS) is 14.9. The molecule has 2 aromatic carbocycles. The smallest absolute Gasteiger partial charge is 0.251 e. The average Bonchev–Trinajstić information content (AvgIpc) is 2.77. The summed E-state index contributed by atoms with van der Waals surface area (Å²) in [4.78, 5) is 19.3. The Hall–Kier alpha value is -2.76. The highest BCUT2D eigenvalue weighted by Crippen LogP contribution is 2.28. The maximum Gasteiger partial charge on any atom is 0.251 e. The third-order valence-electron chi connectivity index (χ3n) is 5.14. The predicted octanol–water partition coefficient (Wildman–Crippen LogP) is 3.35. The lowest BCUT2D eigenvalue weighted by Crippen LogP contribution is -2.38. The van der Waals surface area contributed by atoms with Gasteiger partial charge in [-0.2, -0.15) is 0 Å². The van der Waals surface area contributed by atoms with Gasteiger partial charge in [0.25, 0.3) is 5.91 Å². The Morgan fingerprint density at radius 1 is 1.07 bits per heavy atom. The number of nitrogens with one attached hydrogen (secondary N) is 1. The lowest BCUT2D eigenvalue weighted by Gasteiger charge is -2.26. The molecule has 1 amide bonds. The van der Waals surface area contributed by atoms with Crippen LogP contribution in [0.5, 0.6) is 0 Å². The minimum atomic E-state index is -0.0305. The third-order valence-corrected chi connectivity index (χ3v) is 5.14. The highest BCUT2D eigenvalue weighted by Gasteiger charge is 2.11. The molecule has 28 heavy (non-hydrogen) atoms. The second kappa shape index (κ2) is 8.95. The standard InChI is InChI=1S/C23H25N3O2/c27-23(25-9-4-10-26-11-13-28-14-12-26)19-7-3-6-18(15-19)22-17-24-16-20-5-1-2-8-21(20)22/h1-3,5-8,15-17H,4,9-14H2,(H,25,27). The second-order valence-electron chi connectivity index (χ2n) is 7.05. The van der Waals surface area contributed by atoms with Crippen LogP contribution >= 0.6 is 0 Å². The number of fused-ring (bicyclic) bond motifs is 1. The van der Waals surface area contributed by atoms with Crippen LogP contribution in [0.15, 0.2) is 60.9 Å². The van der Waals surface area contributed by atoms with Gasteiger partial charge in [-0.15, -0.1) is 0 Å². The van der Waals surface area contributed by atoms with Crippen molar-refractivity contribution in [1.29, 1.82) is 0 Å². The summed E-state index contributed by atoms with van der Waals surface area (Å²) in [5, 5.41) is 5.28. The van der Waals surface area contributed by atoms with E-state index >= 15 is 0 Å². The molecule has 1 fully saturated rings. The summed E-state index contributed by atoms with van der Waals surface area (Å²) in [5.41, 5.74) is 2.72. The number of pyridine rings is 1. The van der Waals surface area contributed by atoms with Crippen molar-refractivity contribution in [3.05, 3.63) is 66.5 Å². The minimum absolute atomic E-state index is 0.0305. The summed E-state index contributed by atoms with van der Waals surface area (Å²) in [7, 11) is 0. The van der Waals surface area contributed by atoms with Crippen molar-refractivity contribution in [3.63, 3.8) is 0 Å². The molecule has 5 heteroatoms. The zero-order valence-corrected chi connectivity index (χ0v) is 15.9. The monoisotopic (exact) mass is 375 g/mol. The van der Waals surface area contributed by atoms with Crippen LogP contribution in [0.1, 0.15) is 16.8 Å². The van der Waals surface area contributed by atoms with E-state index in [4.69, 9.17) is 4.74 Å². The molecule has 0 spiro atoms. The first-order valence-electron chi connectivity index (χ1n) is 9.83. The predicted molar refractivity (Wildman–Crippen MR) is 111 cm³/mol. The van der Waals surface area contributed by atoms with Crippen molar-refractivity contribution in [1.82, 2.24) is 15.2 Å². The fourth-order valence-electron chi connectivity index (χ4n) is 3.61. The molecule has 0 unspecified atom stereocenters. The Kier molecular flexibility index (Phi) is 5.95. The van der Waals surface area contributed by atoms with Gasteiger partial charge in [0.15, 0.2) is 0 Å². The highest BCUT2D eigenvalue weighted by molar-refractivity contribution is 5.99. The Balaban J connectivity index is 1.41. The van der Waals surface area contributed by atoms with E-state index in [1.54, 1.807) is 0 Å². The van der Waals surface area contributed by atoms with Gasteiger partial charge in [0, 0.05) is 48.5 Å². The first-order valence-corrected chi connectivity index (χ1v) is 9.83. The van der Waals surface area contributed by atoms with Crippen LogP contribution < -0.4 is 5.32 Å². The van der Waals surface area contributed by atoms with Crippen molar-refractivity contribution in [2.24, 2.45) is 0 Å². The number of morpholine rings is 1. The Labute approximate surface area is 165 Å². The number of hydrogen-bond acceptors (Lipinski definition) is 4. The van der Waals surface area contributed by atoms with E-state index in [1.807, 2.05) is 48.8 Å². The number of carbonyl (C=O) groups excluding carboxylic acids is 1. The first-order chi connectivity index (χ1) is 13.8. The van der Waals surface area contributed by atoms with Crippen molar-refractivity contribution in [3.8, 4) is 11.1 Å². The number of rotatable bonds is 6. The quantitative estimate of drug-likeness (QED) is 0.672. The number of benzene rings is 2. The Morgan fingerprint density at radius 3 is 2.82 bits per heavy atom. The van der Waals surface area contributed by atoms with E-state index in [-0.39, 0.29) is 5.91 Å². The van der Waals surface area contributed by atoms with Crippen LogP contribution in [-0.2, 0) is 4.74 Å². The molecule has 1 saturated heterocycles. The van der Waals surface area contributed by atoms with Gasteiger partial charge in [0.2, 0.25) is 0 Å². The van der Waals surface area contributed by atoms with E-state index in [1.165, 1.54) is 0 Å². The summed E-state index contributed by atoms with van der Waals surface area (Å²) in [6.07, 6.45) is 4.67. The van der Waals surface area contributed by atoms with E-state index in [9.17, 15) is 4.79 Å². The molecule has 3 aromatic rings. The topological polar surface area (TPSA) is 54.5 Å². The van der Waals surface area contributed by atoms with Gasteiger partial charge < -0.3 is 10.1 Å². The van der Waals surface area contributed by atoms with E-state index in [0.717, 1.165) is 61.2 Å². The number of ether oxygens (including phenoxy) is 1. The SMILES string of the molecule is O=C(NCCCN1CCOCC1)c1cccc(-c2cncc3ccccc23)c1. The first kappa shape index (κ1) is 18.6. The molecule has 5 nitrogen and oxygen atoms in total. The molecule has 1 aliphatic heterocycles. The maximum atomic E-state index is 12.6. The summed E-state index contributed by atoms with van der Waals surface area (Å²) in [6.45, 7) is 5.25. The molecule has 0 aliphatic carbocycles.